The van der Waals surface area contributed by atoms with E-state index in [1.165, 1.54) is 24.3 Å². The van der Waals surface area contributed by atoms with E-state index < -0.39 is 10.7 Å². The van der Waals surface area contributed by atoms with Crippen LogP contribution < -0.4 is 10.6 Å². The molecule has 0 fully saturated rings. The van der Waals surface area contributed by atoms with Gasteiger partial charge in [0.15, 0.2) is 0 Å². The highest BCUT2D eigenvalue weighted by molar-refractivity contribution is 5.94. The molecule has 0 aromatic heterocycles. The largest absolute Gasteiger partial charge is 0.376 e. The standard InChI is InChI=1S/C16H16FN3O3/c1-10-4-6-13(20(22)23)8-14(10)18-9-16(21)19-15-7-12(17)5-3-11(15)2/h3-8,18H,9H2,1-2H3,(H,19,21). The quantitative estimate of drug-likeness (QED) is 0.654. The van der Waals surface area contributed by atoms with Crippen molar-refractivity contribution in [1.29, 1.82) is 0 Å². The van der Waals surface area contributed by atoms with Gasteiger partial charge >= 0.3 is 0 Å². The van der Waals surface area contributed by atoms with E-state index in [2.05, 4.69) is 10.6 Å². The third-order valence-electron chi connectivity index (χ3n) is 3.35. The Morgan fingerprint density at radius 3 is 2.48 bits per heavy atom. The Kier molecular flexibility index (Phi) is 4.90. The maximum Gasteiger partial charge on any atom is 0.271 e. The zero-order valence-corrected chi connectivity index (χ0v) is 12.7. The molecule has 0 bridgehead atoms. The zero-order chi connectivity index (χ0) is 17.0. The number of rotatable bonds is 5. The first-order chi connectivity index (χ1) is 10.9. The van der Waals surface area contributed by atoms with Crippen LogP contribution in [0, 0.1) is 29.8 Å². The lowest BCUT2D eigenvalue weighted by Crippen LogP contribution is -2.22. The number of anilines is 2. The molecule has 0 unspecified atom stereocenters. The average molecular weight is 317 g/mol. The van der Waals surface area contributed by atoms with Gasteiger partial charge in [-0.3, -0.25) is 14.9 Å². The van der Waals surface area contributed by atoms with Gasteiger partial charge in [0.1, 0.15) is 5.82 Å². The smallest absolute Gasteiger partial charge is 0.271 e. The Labute approximate surface area is 132 Å². The van der Waals surface area contributed by atoms with Crippen LogP contribution >= 0.6 is 0 Å². The Balaban J connectivity index is 2.03. The Morgan fingerprint density at radius 1 is 1.13 bits per heavy atom. The first kappa shape index (κ1) is 16.4. The van der Waals surface area contributed by atoms with Crippen LogP contribution in [0.3, 0.4) is 0 Å². The van der Waals surface area contributed by atoms with Gasteiger partial charge in [0.2, 0.25) is 5.91 Å². The lowest BCUT2D eigenvalue weighted by atomic mass is 10.2. The molecule has 0 spiro atoms. The number of nitro groups is 1. The number of nitrogens with one attached hydrogen (secondary N) is 2. The summed E-state index contributed by atoms with van der Waals surface area (Å²) >= 11 is 0. The van der Waals surface area contributed by atoms with Crippen LogP contribution in [0.2, 0.25) is 0 Å². The van der Waals surface area contributed by atoms with Crippen molar-refractivity contribution in [2.75, 3.05) is 17.2 Å². The minimum Gasteiger partial charge on any atom is -0.376 e. The fraction of sp³-hybridized carbons (Fsp3) is 0.188. The number of nitrogens with zero attached hydrogens (tertiary/aromatic N) is 1. The van der Waals surface area contributed by atoms with Gasteiger partial charge in [-0.25, -0.2) is 4.39 Å². The lowest BCUT2D eigenvalue weighted by molar-refractivity contribution is -0.384. The van der Waals surface area contributed by atoms with E-state index in [1.54, 1.807) is 26.0 Å². The van der Waals surface area contributed by atoms with Crippen molar-refractivity contribution >= 4 is 23.0 Å². The predicted octanol–water partition coefficient (Wildman–Crippen LogP) is 3.40. The summed E-state index contributed by atoms with van der Waals surface area (Å²) in [4.78, 5) is 22.2. The lowest BCUT2D eigenvalue weighted by Gasteiger charge is -2.11. The normalized spacial score (nSPS) is 10.2. The van der Waals surface area contributed by atoms with Crippen molar-refractivity contribution in [2.45, 2.75) is 13.8 Å². The topological polar surface area (TPSA) is 84.3 Å². The molecule has 0 heterocycles. The average Bonchev–Trinajstić information content (AvgIpc) is 2.50. The van der Waals surface area contributed by atoms with Crippen molar-refractivity contribution in [1.82, 2.24) is 0 Å². The highest BCUT2D eigenvalue weighted by Crippen LogP contribution is 2.21. The molecule has 0 radical (unpaired) electrons. The van der Waals surface area contributed by atoms with E-state index in [4.69, 9.17) is 0 Å². The highest BCUT2D eigenvalue weighted by Gasteiger charge is 2.10. The Hall–Kier alpha value is -2.96. The van der Waals surface area contributed by atoms with Crippen LogP contribution in [0.25, 0.3) is 0 Å². The van der Waals surface area contributed by atoms with Gasteiger partial charge in [0.25, 0.3) is 5.69 Å². The number of hydrogen-bond acceptors (Lipinski definition) is 4. The van der Waals surface area contributed by atoms with Crippen LogP contribution in [-0.2, 0) is 4.79 Å². The molecule has 0 aliphatic rings. The SMILES string of the molecule is Cc1ccc([N+](=O)[O-])cc1NCC(=O)Nc1cc(F)ccc1C. The van der Waals surface area contributed by atoms with Crippen LogP contribution in [-0.4, -0.2) is 17.4 Å². The number of nitro benzene ring substituents is 1. The molecule has 23 heavy (non-hydrogen) atoms. The van der Waals surface area contributed by atoms with Crippen LogP contribution in [0.4, 0.5) is 21.5 Å². The first-order valence-electron chi connectivity index (χ1n) is 6.92. The summed E-state index contributed by atoms with van der Waals surface area (Å²) in [5, 5.41) is 16.2. The Bertz CT molecular complexity index is 762. The van der Waals surface area contributed by atoms with Crippen LogP contribution in [0.5, 0.6) is 0 Å². The molecule has 2 aromatic carbocycles. The number of carbonyl (C=O) groups excluding carboxylic acids is 1. The van der Waals surface area contributed by atoms with Crippen molar-refractivity contribution in [3.8, 4) is 0 Å². The number of benzene rings is 2. The summed E-state index contributed by atoms with van der Waals surface area (Å²) in [5.41, 5.74) is 2.37. The van der Waals surface area contributed by atoms with Crippen molar-refractivity contribution in [3.63, 3.8) is 0 Å². The summed E-state index contributed by atoms with van der Waals surface area (Å²) in [6.07, 6.45) is 0. The molecule has 7 heteroatoms. The number of hydrogen-bond donors (Lipinski definition) is 2. The molecule has 1 amide bonds. The van der Waals surface area contributed by atoms with E-state index in [9.17, 15) is 19.3 Å². The number of aryl methyl sites for hydroxylation is 2. The second-order valence-corrected chi connectivity index (χ2v) is 5.12. The number of halogens is 1. The molecule has 0 saturated carbocycles. The van der Waals surface area contributed by atoms with E-state index in [1.807, 2.05) is 0 Å². The van der Waals surface area contributed by atoms with Gasteiger partial charge in [-0.1, -0.05) is 12.1 Å². The molecular weight excluding hydrogens is 301 g/mol. The summed E-state index contributed by atoms with van der Waals surface area (Å²) in [7, 11) is 0. The second kappa shape index (κ2) is 6.87. The van der Waals surface area contributed by atoms with Gasteiger partial charge < -0.3 is 10.6 Å². The molecular formula is C16H16FN3O3. The summed E-state index contributed by atoms with van der Waals surface area (Å²) in [6.45, 7) is 3.45. The molecule has 0 aliphatic heterocycles. The summed E-state index contributed by atoms with van der Waals surface area (Å²) in [6, 6.07) is 8.51. The first-order valence-corrected chi connectivity index (χ1v) is 6.92. The second-order valence-electron chi connectivity index (χ2n) is 5.12. The highest BCUT2D eigenvalue weighted by atomic mass is 19.1. The molecule has 2 rings (SSSR count). The van der Waals surface area contributed by atoms with Crippen molar-refractivity contribution < 1.29 is 14.1 Å². The monoisotopic (exact) mass is 317 g/mol. The van der Waals surface area contributed by atoms with Gasteiger partial charge in [0.05, 0.1) is 11.5 Å². The number of carbonyl (C=O) groups is 1. The maximum absolute atomic E-state index is 13.2. The molecule has 120 valence electrons. The van der Waals surface area contributed by atoms with E-state index in [0.717, 1.165) is 11.1 Å². The van der Waals surface area contributed by atoms with E-state index >= 15 is 0 Å². The van der Waals surface area contributed by atoms with Gasteiger partial charge in [-0.2, -0.15) is 0 Å². The number of amides is 1. The van der Waals surface area contributed by atoms with Crippen molar-refractivity contribution in [2.24, 2.45) is 0 Å². The fourth-order valence-electron chi connectivity index (χ4n) is 2.01. The molecule has 0 aliphatic carbocycles. The van der Waals surface area contributed by atoms with Crippen LogP contribution in [0.1, 0.15) is 11.1 Å². The molecule has 0 atom stereocenters. The van der Waals surface area contributed by atoms with E-state index in [-0.39, 0.29) is 18.1 Å². The molecule has 0 saturated heterocycles. The minimum absolute atomic E-state index is 0.0560. The van der Waals surface area contributed by atoms with Gasteiger partial charge in [-0.15, -0.1) is 0 Å². The number of non-ortho nitro benzene ring substituents is 1. The minimum atomic E-state index is -0.499. The summed E-state index contributed by atoms with van der Waals surface area (Å²) in [5.74, 6) is -0.807. The van der Waals surface area contributed by atoms with Crippen molar-refractivity contribution in [3.05, 3.63) is 63.5 Å². The van der Waals surface area contributed by atoms with Crippen LogP contribution in [0.15, 0.2) is 36.4 Å². The zero-order valence-electron chi connectivity index (χ0n) is 12.7. The third kappa shape index (κ3) is 4.26. The van der Waals surface area contributed by atoms with Gasteiger partial charge in [-0.05, 0) is 37.1 Å². The summed E-state index contributed by atoms with van der Waals surface area (Å²) < 4.78 is 13.2. The van der Waals surface area contributed by atoms with E-state index in [0.29, 0.717) is 11.4 Å². The Morgan fingerprint density at radius 2 is 1.78 bits per heavy atom. The molecule has 6 nitrogen and oxygen atoms in total. The fourth-order valence-corrected chi connectivity index (χ4v) is 2.01. The molecule has 2 N–H and O–H groups in total. The predicted molar refractivity (Wildman–Crippen MR) is 86.1 cm³/mol. The van der Waals surface area contributed by atoms with Gasteiger partial charge in [0, 0.05) is 23.5 Å². The molecule has 2 aromatic rings. The third-order valence-corrected chi connectivity index (χ3v) is 3.35. The maximum atomic E-state index is 13.2.